The van der Waals surface area contributed by atoms with Crippen LogP contribution in [0.5, 0.6) is 5.88 Å². The van der Waals surface area contributed by atoms with E-state index in [0.717, 1.165) is 12.1 Å². The summed E-state index contributed by atoms with van der Waals surface area (Å²) in [6, 6.07) is 8.12. The minimum Gasteiger partial charge on any atom is -0.477 e. The summed E-state index contributed by atoms with van der Waals surface area (Å²) in [4.78, 5) is 16.1. The molecule has 1 heterocycles. The van der Waals surface area contributed by atoms with Crippen molar-refractivity contribution in [1.29, 1.82) is 0 Å². The Labute approximate surface area is 174 Å². The molecule has 5 nitrogen and oxygen atoms in total. The van der Waals surface area contributed by atoms with Crippen LogP contribution in [0.25, 0.3) is 11.1 Å². The molecule has 2 rings (SSSR count). The molecule has 2 aromatic rings. The number of carbonyl (C=O) groups is 1. The predicted molar refractivity (Wildman–Crippen MR) is 108 cm³/mol. The summed E-state index contributed by atoms with van der Waals surface area (Å²) in [7, 11) is 0. The summed E-state index contributed by atoms with van der Waals surface area (Å²) >= 11 is 0. The minimum absolute atomic E-state index is 0.00564. The third kappa shape index (κ3) is 7.24. The molecule has 1 N–H and O–H groups in total. The van der Waals surface area contributed by atoms with E-state index in [4.69, 9.17) is 9.47 Å². The molecule has 0 saturated carbocycles. The van der Waals surface area contributed by atoms with Gasteiger partial charge in [0.25, 0.3) is 0 Å². The number of alkyl halides is 3. The first-order valence-electron chi connectivity index (χ1n) is 9.61. The van der Waals surface area contributed by atoms with Crippen molar-refractivity contribution in [2.24, 2.45) is 5.92 Å². The highest BCUT2D eigenvalue weighted by Gasteiger charge is 2.30. The molecule has 1 amide bonds. The van der Waals surface area contributed by atoms with Gasteiger partial charge >= 0.3 is 12.3 Å². The molecule has 0 aliphatic carbocycles. The van der Waals surface area contributed by atoms with E-state index in [9.17, 15) is 18.0 Å². The van der Waals surface area contributed by atoms with E-state index >= 15 is 0 Å². The van der Waals surface area contributed by atoms with Crippen molar-refractivity contribution in [3.8, 4) is 17.0 Å². The third-order valence-corrected chi connectivity index (χ3v) is 4.37. The summed E-state index contributed by atoms with van der Waals surface area (Å²) in [5, 5.41) is 2.78. The summed E-state index contributed by atoms with van der Waals surface area (Å²) < 4.78 is 48.9. The fourth-order valence-electron chi connectivity index (χ4n) is 2.48. The van der Waals surface area contributed by atoms with Crippen molar-refractivity contribution in [2.45, 2.75) is 52.4 Å². The lowest BCUT2D eigenvalue weighted by atomic mass is 10.1. The Morgan fingerprint density at radius 1 is 1.03 bits per heavy atom. The number of hydrogen-bond donors (Lipinski definition) is 1. The Kier molecular flexibility index (Phi) is 7.34. The topological polar surface area (TPSA) is 60.5 Å². The lowest BCUT2D eigenvalue weighted by Gasteiger charge is -2.24. The number of hydrogen-bond acceptors (Lipinski definition) is 4. The van der Waals surface area contributed by atoms with Gasteiger partial charge in [-0.3, -0.25) is 0 Å². The van der Waals surface area contributed by atoms with Gasteiger partial charge in [0, 0.05) is 29.8 Å². The number of pyridine rings is 1. The molecular weight excluding hydrogens is 397 g/mol. The number of alkyl carbamates (subject to hydrolysis) is 1. The van der Waals surface area contributed by atoms with Gasteiger partial charge in [-0.25, -0.2) is 9.78 Å². The van der Waals surface area contributed by atoms with Crippen molar-refractivity contribution in [3.05, 3.63) is 48.2 Å². The minimum atomic E-state index is -4.36. The highest BCUT2D eigenvalue weighted by molar-refractivity contribution is 5.68. The van der Waals surface area contributed by atoms with Crippen LogP contribution in [-0.2, 0) is 10.9 Å². The van der Waals surface area contributed by atoms with Gasteiger partial charge in [-0.1, -0.05) is 19.1 Å². The van der Waals surface area contributed by atoms with Gasteiger partial charge in [-0.2, -0.15) is 13.2 Å². The van der Waals surface area contributed by atoms with Gasteiger partial charge in [0.1, 0.15) is 5.60 Å². The fourth-order valence-corrected chi connectivity index (χ4v) is 2.48. The molecule has 0 unspecified atom stereocenters. The number of ether oxygens (including phenoxy) is 2. The summed E-state index contributed by atoms with van der Waals surface area (Å²) in [6.07, 6.45) is -3.30. The van der Waals surface area contributed by atoms with Gasteiger partial charge < -0.3 is 14.8 Å². The number of rotatable bonds is 6. The van der Waals surface area contributed by atoms with E-state index in [-0.39, 0.29) is 12.0 Å². The summed E-state index contributed by atoms with van der Waals surface area (Å²) in [5.74, 6) is 0.385. The maximum Gasteiger partial charge on any atom is 0.416 e. The van der Waals surface area contributed by atoms with Crippen LogP contribution in [0.4, 0.5) is 18.0 Å². The second kappa shape index (κ2) is 9.36. The zero-order valence-electron chi connectivity index (χ0n) is 17.7. The Morgan fingerprint density at radius 3 is 2.13 bits per heavy atom. The molecular formula is C22H27F3N2O3. The Hall–Kier alpha value is -2.77. The van der Waals surface area contributed by atoms with Gasteiger partial charge in [0.2, 0.25) is 5.88 Å². The van der Waals surface area contributed by atoms with Crippen LogP contribution in [0.15, 0.2) is 42.6 Å². The molecule has 164 valence electrons. The van der Waals surface area contributed by atoms with Crippen LogP contribution in [0.2, 0.25) is 0 Å². The fraction of sp³-hybridized carbons (Fsp3) is 0.455. The van der Waals surface area contributed by atoms with Crippen molar-refractivity contribution in [2.75, 3.05) is 6.61 Å². The molecule has 0 radical (unpaired) electrons. The first-order chi connectivity index (χ1) is 13.8. The van der Waals surface area contributed by atoms with Gasteiger partial charge in [-0.15, -0.1) is 0 Å². The van der Waals surface area contributed by atoms with Crippen molar-refractivity contribution >= 4 is 6.09 Å². The molecule has 2 atom stereocenters. The zero-order chi connectivity index (χ0) is 22.5. The normalized spacial score (nSPS) is 14.0. The van der Waals surface area contributed by atoms with E-state index in [1.54, 1.807) is 39.1 Å². The van der Waals surface area contributed by atoms with Crippen molar-refractivity contribution in [1.82, 2.24) is 10.3 Å². The molecule has 1 aromatic carbocycles. The zero-order valence-corrected chi connectivity index (χ0v) is 17.7. The SMILES string of the molecule is C[C@H](COc1ccc(-c2ccc(C(F)(F)F)cc2)cn1)[C@H](C)NC(=O)OC(C)(C)C. The van der Waals surface area contributed by atoms with E-state index in [0.29, 0.717) is 23.6 Å². The first kappa shape index (κ1) is 23.5. The van der Waals surface area contributed by atoms with Crippen molar-refractivity contribution in [3.63, 3.8) is 0 Å². The van der Waals surface area contributed by atoms with E-state index in [1.165, 1.54) is 12.1 Å². The molecule has 0 saturated heterocycles. The summed E-state index contributed by atoms with van der Waals surface area (Å²) in [6.45, 7) is 9.50. The van der Waals surface area contributed by atoms with Crippen LogP contribution in [0.3, 0.4) is 0 Å². The maximum absolute atomic E-state index is 12.7. The molecule has 0 spiro atoms. The lowest BCUT2D eigenvalue weighted by Crippen LogP contribution is -2.42. The van der Waals surface area contributed by atoms with E-state index < -0.39 is 23.4 Å². The molecule has 1 aromatic heterocycles. The number of carbonyl (C=O) groups excluding carboxylic acids is 1. The van der Waals surface area contributed by atoms with Gasteiger partial charge in [0.05, 0.1) is 12.2 Å². The number of benzene rings is 1. The molecule has 0 bridgehead atoms. The Morgan fingerprint density at radius 2 is 1.63 bits per heavy atom. The molecule has 30 heavy (non-hydrogen) atoms. The largest absolute Gasteiger partial charge is 0.477 e. The van der Waals surface area contributed by atoms with Gasteiger partial charge in [0.15, 0.2) is 0 Å². The number of aromatic nitrogens is 1. The van der Waals surface area contributed by atoms with Gasteiger partial charge in [-0.05, 0) is 51.5 Å². The Bertz CT molecular complexity index is 829. The monoisotopic (exact) mass is 424 g/mol. The average molecular weight is 424 g/mol. The average Bonchev–Trinajstić information content (AvgIpc) is 2.64. The lowest BCUT2D eigenvalue weighted by molar-refractivity contribution is -0.137. The number of halogens is 3. The van der Waals surface area contributed by atoms with E-state index in [2.05, 4.69) is 10.3 Å². The number of nitrogens with one attached hydrogen (secondary N) is 1. The van der Waals surface area contributed by atoms with Crippen LogP contribution >= 0.6 is 0 Å². The Balaban J connectivity index is 1.89. The second-order valence-corrected chi connectivity index (χ2v) is 8.18. The van der Waals surface area contributed by atoms with Crippen LogP contribution in [0.1, 0.15) is 40.2 Å². The van der Waals surface area contributed by atoms with Crippen LogP contribution in [0, 0.1) is 5.92 Å². The summed E-state index contributed by atoms with van der Waals surface area (Å²) in [5.41, 5.74) is 0.0550. The maximum atomic E-state index is 12.7. The number of nitrogens with zero attached hydrogens (tertiary/aromatic N) is 1. The quantitative estimate of drug-likeness (QED) is 0.647. The third-order valence-electron chi connectivity index (χ3n) is 4.37. The predicted octanol–water partition coefficient (Wildman–Crippen LogP) is 5.70. The van der Waals surface area contributed by atoms with Crippen molar-refractivity contribution < 1.29 is 27.4 Å². The highest BCUT2D eigenvalue weighted by Crippen LogP contribution is 2.31. The second-order valence-electron chi connectivity index (χ2n) is 8.18. The number of amides is 1. The standard InChI is InChI=1S/C22H27F3N2O3/c1-14(15(2)27-20(28)30-21(3,4)5)13-29-19-11-8-17(12-26-19)16-6-9-18(10-7-16)22(23,24)25/h6-12,14-15H,13H2,1-5H3,(H,27,28)/t14-,15+/m1/s1. The molecule has 8 heteroatoms. The molecule has 0 aliphatic rings. The first-order valence-corrected chi connectivity index (χ1v) is 9.61. The highest BCUT2D eigenvalue weighted by atomic mass is 19.4. The molecule has 0 fully saturated rings. The smallest absolute Gasteiger partial charge is 0.416 e. The van der Waals surface area contributed by atoms with Crippen LogP contribution < -0.4 is 10.1 Å². The van der Waals surface area contributed by atoms with Crippen LogP contribution in [-0.4, -0.2) is 29.3 Å². The van der Waals surface area contributed by atoms with E-state index in [1.807, 2.05) is 13.8 Å². The molecule has 0 aliphatic heterocycles.